The molecule has 0 fully saturated rings. The van der Waals surface area contributed by atoms with Gasteiger partial charge in [-0.3, -0.25) is 0 Å². The standard InChI is InChI=1S/C58H39NO/c1-2-15-44(16-3-1)50-20-6-7-21-51(50)52-22-8-10-24-54(52)59(55-25-13-27-57-58(55)53-23-9-11-26-56(53)60-57)49-36-34-42(35-37-49)41-28-30-43(31-29-41)46-18-12-19-47(38-46)48-33-32-40-14-4-5-17-45(40)39-48/h1-39H. The highest BCUT2D eigenvalue weighted by molar-refractivity contribution is 6.14. The van der Waals surface area contributed by atoms with Crippen molar-refractivity contribution >= 4 is 49.8 Å². The lowest BCUT2D eigenvalue weighted by molar-refractivity contribution is 0.669. The third kappa shape index (κ3) is 6.41. The molecule has 0 N–H and O–H groups in total. The summed E-state index contributed by atoms with van der Waals surface area (Å²) in [4.78, 5) is 2.40. The van der Waals surface area contributed by atoms with Crippen LogP contribution in [-0.2, 0) is 0 Å². The Balaban J connectivity index is 0.986. The predicted octanol–water partition coefficient (Wildman–Crippen LogP) is 16.5. The number of nitrogens with zero attached hydrogens (tertiary/aromatic N) is 1. The van der Waals surface area contributed by atoms with Crippen LogP contribution in [0.2, 0.25) is 0 Å². The summed E-state index contributed by atoms with van der Waals surface area (Å²) in [5, 5.41) is 4.69. The highest BCUT2D eigenvalue weighted by Gasteiger charge is 2.23. The third-order valence-corrected chi connectivity index (χ3v) is 11.7. The molecule has 0 aliphatic heterocycles. The molecule has 2 heteroatoms. The monoisotopic (exact) mass is 765 g/mol. The van der Waals surface area contributed by atoms with E-state index in [1.54, 1.807) is 0 Å². The molecule has 0 aliphatic carbocycles. The van der Waals surface area contributed by atoms with E-state index in [1.165, 1.54) is 55.3 Å². The number of hydrogen-bond acceptors (Lipinski definition) is 2. The minimum atomic E-state index is 0.861. The number of furan rings is 1. The molecule has 282 valence electrons. The summed E-state index contributed by atoms with van der Waals surface area (Å²) in [5.74, 6) is 0. The molecular weight excluding hydrogens is 727 g/mol. The molecule has 11 aromatic rings. The van der Waals surface area contributed by atoms with Crippen molar-refractivity contribution in [1.82, 2.24) is 0 Å². The molecule has 0 atom stereocenters. The van der Waals surface area contributed by atoms with Crippen LogP contribution >= 0.6 is 0 Å². The van der Waals surface area contributed by atoms with Crippen molar-refractivity contribution in [2.45, 2.75) is 0 Å². The van der Waals surface area contributed by atoms with Crippen molar-refractivity contribution in [3.63, 3.8) is 0 Å². The van der Waals surface area contributed by atoms with E-state index < -0.39 is 0 Å². The van der Waals surface area contributed by atoms with Gasteiger partial charge in [0.25, 0.3) is 0 Å². The fraction of sp³-hybridized carbons (Fsp3) is 0. The van der Waals surface area contributed by atoms with Crippen LogP contribution in [0.15, 0.2) is 241 Å². The van der Waals surface area contributed by atoms with Crippen molar-refractivity contribution in [2.75, 3.05) is 4.90 Å². The normalized spacial score (nSPS) is 11.3. The van der Waals surface area contributed by atoms with Gasteiger partial charge in [0.2, 0.25) is 0 Å². The molecule has 0 unspecified atom stereocenters. The number of rotatable bonds is 8. The molecule has 0 saturated carbocycles. The second-order valence-corrected chi connectivity index (χ2v) is 15.3. The summed E-state index contributed by atoms with van der Waals surface area (Å²) < 4.78 is 6.44. The van der Waals surface area contributed by atoms with Gasteiger partial charge < -0.3 is 9.32 Å². The molecular formula is C58H39NO. The first-order valence-electron chi connectivity index (χ1n) is 20.5. The maximum Gasteiger partial charge on any atom is 0.137 e. The highest BCUT2D eigenvalue weighted by atomic mass is 16.3. The van der Waals surface area contributed by atoms with E-state index in [-0.39, 0.29) is 0 Å². The van der Waals surface area contributed by atoms with Crippen molar-refractivity contribution in [2.24, 2.45) is 0 Å². The summed E-state index contributed by atoms with van der Waals surface area (Å²) >= 11 is 0. The Bertz CT molecular complexity index is 3310. The van der Waals surface area contributed by atoms with Gasteiger partial charge in [-0.2, -0.15) is 0 Å². The summed E-state index contributed by atoms with van der Waals surface area (Å²) in [5.41, 5.74) is 16.8. The zero-order chi connectivity index (χ0) is 39.8. The second kappa shape index (κ2) is 15.1. The Morgan fingerprint density at radius 3 is 1.60 bits per heavy atom. The van der Waals surface area contributed by atoms with Gasteiger partial charge >= 0.3 is 0 Å². The molecule has 60 heavy (non-hydrogen) atoms. The maximum absolute atomic E-state index is 6.44. The van der Waals surface area contributed by atoms with Crippen molar-refractivity contribution in [3.05, 3.63) is 237 Å². The molecule has 0 amide bonds. The van der Waals surface area contributed by atoms with Crippen LogP contribution in [0.5, 0.6) is 0 Å². The van der Waals surface area contributed by atoms with Gasteiger partial charge in [-0.05, 0) is 109 Å². The fourth-order valence-electron chi connectivity index (χ4n) is 8.74. The topological polar surface area (TPSA) is 16.4 Å². The highest BCUT2D eigenvalue weighted by Crippen LogP contribution is 2.47. The Morgan fingerprint density at radius 2 is 0.800 bits per heavy atom. The maximum atomic E-state index is 6.44. The van der Waals surface area contributed by atoms with E-state index in [1.807, 2.05) is 6.07 Å². The van der Waals surface area contributed by atoms with Crippen LogP contribution < -0.4 is 4.90 Å². The van der Waals surface area contributed by atoms with Crippen LogP contribution in [0.4, 0.5) is 17.1 Å². The lowest BCUT2D eigenvalue weighted by Crippen LogP contribution is -2.11. The number of anilines is 3. The quantitative estimate of drug-likeness (QED) is 0.153. The van der Waals surface area contributed by atoms with E-state index in [2.05, 4.69) is 235 Å². The van der Waals surface area contributed by atoms with Gasteiger partial charge in [0.1, 0.15) is 11.2 Å². The molecule has 11 rings (SSSR count). The number of hydrogen-bond donors (Lipinski definition) is 0. The third-order valence-electron chi connectivity index (χ3n) is 11.7. The first kappa shape index (κ1) is 35.2. The Labute approximate surface area is 349 Å². The Morgan fingerprint density at radius 1 is 0.283 bits per heavy atom. The number of para-hydroxylation sites is 2. The molecule has 0 aliphatic rings. The Hall–Kier alpha value is -7.94. The molecule has 2 nitrogen and oxygen atoms in total. The molecule has 1 heterocycles. The van der Waals surface area contributed by atoms with Gasteiger partial charge in [-0.1, -0.05) is 188 Å². The van der Waals surface area contributed by atoms with Crippen LogP contribution in [0, 0.1) is 0 Å². The van der Waals surface area contributed by atoms with E-state index in [0.29, 0.717) is 0 Å². The first-order chi connectivity index (χ1) is 29.7. The van der Waals surface area contributed by atoms with Gasteiger partial charge in [0, 0.05) is 16.6 Å². The SMILES string of the molecule is c1ccc(-c2ccccc2-c2ccccc2N(c2ccc(-c3ccc(-c4cccc(-c5ccc6ccccc6c5)c4)cc3)cc2)c2cccc3oc4ccccc4c23)cc1. The van der Waals surface area contributed by atoms with Gasteiger partial charge in [0.05, 0.1) is 16.8 Å². The first-order valence-corrected chi connectivity index (χ1v) is 20.5. The van der Waals surface area contributed by atoms with E-state index in [4.69, 9.17) is 4.42 Å². The zero-order valence-corrected chi connectivity index (χ0v) is 32.9. The molecule has 0 spiro atoms. The fourth-order valence-corrected chi connectivity index (χ4v) is 8.74. The summed E-state index contributed by atoms with van der Waals surface area (Å²) in [6, 6.07) is 84.8. The van der Waals surface area contributed by atoms with E-state index in [0.717, 1.165) is 50.1 Å². The lowest BCUT2D eigenvalue weighted by atomic mass is 9.93. The molecule has 1 aromatic heterocycles. The van der Waals surface area contributed by atoms with Crippen molar-refractivity contribution < 1.29 is 4.42 Å². The van der Waals surface area contributed by atoms with Crippen molar-refractivity contribution in [3.8, 4) is 55.6 Å². The minimum absolute atomic E-state index is 0.861. The van der Waals surface area contributed by atoms with Crippen LogP contribution in [0.25, 0.3) is 88.3 Å². The zero-order valence-electron chi connectivity index (χ0n) is 32.9. The van der Waals surface area contributed by atoms with Gasteiger partial charge in [0.15, 0.2) is 0 Å². The summed E-state index contributed by atoms with van der Waals surface area (Å²) in [7, 11) is 0. The van der Waals surface area contributed by atoms with Crippen LogP contribution in [0.3, 0.4) is 0 Å². The molecule has 10 aromatic carbocycles. The van der Waals surface area contributed by atoms with Gasteiger partial charge in [-0.15, -0.1) is 0 Å². The molecule has 0 radical (unpaired) electrons. The smallest absolute Gasteiger partial charge is 0.137 e. The average molecular weight is 766 g/mol. The summed E-state index contributed by atoms with van der Waals surface area (Å²) in [6.07, 6.45) is 0. The summed E-state index contributed by atoms with van der Waals surface area (Å²) in [6.45, 7) is 0. The molecule has 0 bridgehead atoms. The number of fused-ring (bicyclic) bond motifs is 4. The number of benzene rings is 10. The van der Waals surface area contributed by atoms with Crippen molar-refractivity contribution in [1.29, 1.82) is 0 Å². The van der Waals surface area contributed by atoms with E-state index >= 15 is 0 Å². The second-order valence-electron chi connectivity index (χ2n) is 15.3. The lowest BCUT2D eigenvalue weighted by Gasteiger charge is -2.29. The van der Waals surface area contributed by atoms with Gasteiger partial charge in [-0.25, -0.2) is 0 Å². The van der Waals surface area contributed by atoms with E-state index in [9.17, 15) is 0 Å². The molecule has 0 saturated heterocycles. The van der Waals surface area contributed by atoms with Crippen LogP contribution in [0.1, 0.15) is 0 Å². The van der Waals surface area contributed by atoms with Crippen LogP contribution in [-0.4, -0.2) is 0 Å². The predicted molar refractivity (Wildman–Crippen MR) is 253 cm³/mol. The minimum Gasteiger partial charge on any atom is -0.456 e. The largest absolute Gasteiger partial charge is 0.456 e. The Kier molecular flexibility index (Phi) is 8.87. The average Bonchev–Trinajstić information content (AvgIpc) is 3.72.